The summed E-state index contributed by atoms with van der Waals surface area (Å²) in [6.45, 7) is 0. The molecule has 3 aromatic rings. The van der Waals surface area contributed by atoms with Crippen molar-refractivity contribution in [2.75, 3.05) is 5.32 Å². The largest absolute Gasteiger partial charge is 0.348 e. The topological polar surface area (TPSA) is 58.2 Å². The monoisotopic (exact) mass is 530 g/mol. The highest BCUT2D eigenvalue weighted by Gasteiger charge is 2.61. The van der Waals surface area contributed by atoms with Gasteiger partial charge >= 0.3 is 0 Å². The van der Waals surface area contributed by atoms with E-state index in [2.05, 4.69) is 26.6 Å². The zero-order valence-corrected chi connectivity index (χ0v) is 19.3. The van der Waals surface area contributed by atoms with Gasteiger partial charge in [0.2, 0.25) is 11.8 Å². The number of benzene rings is 3. The lowest BCUT2D eigenvalue weighted by Gasteiger charge is -2.46. The Bertz CT molecular complexity index is 1230. The van der Waals surface area contributed by atoms with Crippen molar-refractivity contribution >= 4 is 56.6 Å². The first-order valence-corrected chi connectivity index (χ1v) is 11.4. The lowest BCUT2D eigenvalue weighted by atomic mass is 9.59. The average Bonchev–Trinajstić information content (AvgIpc) is 3.01. The fourth-order valence-electron chi connectivity index (χ4n) is 4.98. The molecule has 3 atom stereocenters. The Morgan fingerprint density at radius 2 is 1.69 bits per heavy atom. The number of rotatable bonds is 2. The summed E-state index contributed by atoms with van der Waals surface area (Å²) in [6.07, 6.45) is 0.163. The number of carbonyl (C=O) groups is 2. The van der Waals surface area contributed by atoms with Crippen LogP contribution in [-0.2, 0) is 15.0 Å². The third kappa shape index (κ3) is 3.43. The van der Waals surface area contributed by atoms with Gasteiger partial charge in [-0.2, -0.15) is 0 Å². The first-order valence-electron chi connectivity index (χ1n) is 9.82. The summed E-state index contributed by atoms with van der Waals surface area (Å²) in [4.78, 5) is 26.8. The average molecular weight is 532 g/mol. The van der Waals surface area contributed by atoms with Gasteiger partial charge in [0.1, 0.15) is 5.41 Å². The van der Waals surface area contributed by atoms with Crippen LogP contribution in [0.25, 0.3) is 0 Å². The number of nitrogens with one attached hydrogen (secondary N) is 2. The van der Waals surface area contributed by atoms with E-state index in [4.69, 9.17) is 23.2 Å². The minimum Gasteiger partial charge on any atom is -0.348 e. The van der Waals surface area contributed by atoms with Gasteiger partial charge in [-0.3, -0.25) is 9.59 Å². The van der Waals surface area contributed by atoms with E-state index in [9.17, 15) is 9.59 Å². The van der Waals surface area contributed by atoms with Crippen LogP contribution >= 0.6 is 39.1 Å². The molecule has 0 bridgehead atoms. The van der Waals surface area contributed by atoms with Crippen molar-refractivity contribution in [3.8, 4) is 0 Å². The highest BCUT2D eigenvalue weighted by molar-refractivity contribution is 9.10. The fourth-order valence-corrected chi connectivity index (χ4v) is 5.86. The van der Waals surface area contributed by atoms with Crippen LogP contribution in [0.1, 0.15) is 42.5 Å². The number of amides is 2. The number of anilines is 1. The van der Waals surface area contributed by atoms with Crippen LogP contribution in [-0.4, -0.2) is 11.8 Å². The lowest BCUT2D eigenvalue weighted by Crippen LogP contribution is -2.56. The SMILES string of the molecule is C.O=C1C[C@@H](c2cccc(Cl)c2)[C@]2(C(=O)Nc3cc(Cl)ccc32)[C@@H](c2ccccc2Br)N1. The van der Waals surface area contributed by atoms with Gasteiger partial charge in [-0.25, -0.2) is 0 Å². The van der Waals surface area contributed by atoms with Gasteiger partial charge in [0.25, 0.3) is 0 Å². The lowest BCUT2D eigenvalue weighted by molar-refractivity contribution is -0.131. The van der Waals surface area contributed by atoms with E-state index in [0.29, 0.717) is 15.7 Å². The second-order valence-corrected chi connectivity index (χ2v) is 9.57. The normalized spacial score (nSPS) is 23.8. The van der Waals surface area contributed by atoms with Gasteiger partial charge in [0.15, 0.2) is 0 Å². The first-order chi connectivity index (χ1) is 14.9. The van der Waals surface area contributed by atoms with E-state index in [0.717, 1.165) is 21.2 Å². The second-order valence-electron chi connectivity index (χ2n) is 7.85. The summed E-state index contributed by atoms with van der Waals surface area (Å²) in [5.41, 5.74) is 2.09. The molecular formula is C25H21BrCl2N2O2. The van der Waals surface area contributed by atoms with Gasteiger partial charge < -0.3 is 10.6 Å². The van der Waals surface area contributed by atoms with Gasteiger partial charge in [0, 0.05) is 32.5 Å². The minimum absolute atomic E-state index is 0. The molecule has 2 amide bonds. The summed E-state index contributed by atoms with van der Waals surface area (Å²) in [7, 11) is 0. The maximum Gasteiger partial charge on any atom is 0.238 e. The molecule has 3 aromatic carbocycles. The number of fused-ring (bicyclic) bond motifs is 2. The Hall–Kier alpha value is -2.34. The predicted molar refractivity (Wildman–Crippen MR) is 132 cm³/mol. The van der Waals surface area contributed by atoms with Crippen LogP contribution in [0.4, 0.5) is 5.69 Å². The van der Waals surface area contributed by atoms with Crippen molar-refractivity contribution in [2.24, 2.45) is 0 Å². The van der Waals surface area contributed by atoms with Gasteiger partial charge in [-0.15, -0.1) is 0 Å². The smallest absolute Gasteiger partial charge is 0.238 e. The quantitative estimate of drug-likeness (QED) is 0.390. The zero-order chi connectivity index (χ0) is 21.8. The summed E-state index contributed by atoms with van der Waals surface area (Å²) >= 11 is 16.2. The summed E-state index contributed by atoms with van der Waals surface area (Å²) in [5, 5.41) is 7.23. The third-order valence-electron chi connectivity index (χ3n) is 6.22. The molecule has 0 saturated carbocycles. The van der Waals surface area contributed by atoms with E-state index >= 15 is 0 Å². The van der Waals surface area contributed by atoms with Crippen molar-refractivity contribution in [3.63, 3.8) is 0 Å². The Kier molecular flexibility index (Phi) is 6.10. The van der Waals surface area contributed by atoms with E-state index in [-0.39, 0.29) is 25.7 Å². The van der Waals surface area contributed by atoms with Crippen molar-refractivity contribution < 1.29 is 9.59 Å². The molecular weight excluding hydrogens is 511 g/mol. The Morgan fingerprint density at radius 1 is 0.938 bits per heavy atom. The maximum atomic E-state index is 13.8. The molecule has 164 valence electrons. The molecule has 0 unspecified atom stereocenters. The predicted octanol–water partition coefficient (Wildman–Crippen LogP) is 6.63. The maximum absolute atomic E-state index is 13.8. The fraction of sp³-hybridized carbons (Fsp3) is 0.200. The van der Waals surface area contributed by atoms with Crippen LogP contribution in [0.15, 0.2) is 71.2 Å². The third-order valence-corrected chi connectivity index (χ3v) is 7.41. The number of halogens is 3. The molecule has 2 aliphatic rings. The highest BCUT2D eigenvalue weighted by atomic mass is 79.9. The molecule has 7 heteroatoms. The molecule has 32 heavy (non-hydrogen) atoms. The van der Waals surface area contributed by atoms with E-state index < -0.39 is 17.4 Å². The molecule has 1 spiro atoms. The van der Waals surface area contributed by atoms with E-state index in [1.165, 1.54) is 0 Å². The van der Waals surface area contributed by atoms with Crippen LogP contribution in [0.5, 0.6) is 0 Å². The minimum atomic E-state index is -1.07. The van der Waals surface area contributed by atoms with Crippen LogP contribution in [0, 0.1) is 0 Å². The Labute approximate surface area is 205 Å². The van der Waals surface area contributed by atoms with Crippen LogP contribution in [0.2, 0.25) is 10.0 Å². The molecule has 1 fully saturated rings. The highest BCUT2D eigenvalue weighted by Crippen LogP contribution is 2.58. The van der Waals surface area contributed by atoms with Gasteiger partial charge in [0.05, 0.1) is 6.04 Å². The van der Waals surface area contributed by atoms with Gasteiger partial charge in [-0.05, 0) is 47.0 Å². The number of hydrogen-bond donors (Lipinski definition) is 2. The Morgan fingerprint density at radius 3 is 2.44 bits per heavy atom. The number of carbonyl (C=O) groups excluding carboxylic acids is 2. The van der Waals surface area contributed by atoms with Crippen molar-refractivity contribution in [2.45, 2.75) is 31.2 Å². The summed E-state index contributed by atoms with van der Waals surface area (Å²) < 4.78 is 0.821. The van der Waals surface area contributed by atoms with Gasteiger partial charge in [-0.1, -0.05) is 83.0 Å². The van der Waals surface area contributed by atoms with Crippen molar-refractivity contribution in [1.82, 2.24) is 5.32 Å². The second kappa shape index (κ2) is 8.54. The molecule has 2 heterocycles. The number of piperidine rings is 1. The molecule has 4 nitrogen and oxygen atoms in total. The van der Waals surface area contributed by atoms with Crippen LogP contribution in [0.3, 0.4) is 0 Å². The van der Waals surface area contributed by atoms with E-state index in [1.54, 1.807) is 18.2 Å². The zero-order valence-electron chi connectivity index (χ0n) is 16.2. The molecule has 0 aromatic heterocycles. The molecule has 2 aliphatic heterocycles. The first kappa shape index (κ1) is 22.8. The molecule has 0 aliphatic carbocycles. The number of hydrogen-bond acceptors (Lipinski definition) is 2. The summed E-state index contributed by atoms with van der Waals surface area (Å²) in [6, 6.07) is 19.9. The van der Waals surface area contributed by atoms with E-state index in [1.807, 2.05) is 48.5 Å². The molecule has 5 rings (SSSR count). The molecule has 2 N–H and O–H groups in total. The standard InChI is InChI=1S/C24H17BrCl2N2O2.CH4/c25-19-7-2-1-6-16(19)22-24(17-9-8-15(27)11-20(17)28-23(24)31)18(12-21(30)29-22)13-4-3-5-14(26)10-13;/h1-11,18,22H,12H2,(H,28,31)(H,29,30);1H4/t18-,22+,24-;/m0./s1. The van der Waals surface area contributed by atoms with Crippen molar-refractivity contribution in [3.05, 3.63) is 97.9 Å². The van der Waals surface area contributed by atoms with Crippen molar-refractivity contribution in [1.29, 1.82) is 0 Å². The molecule has 1 saturated heterocycles. The summed E-state index contributed by atoms with van der Waals surface area (Å²) in [5.74, 6) is -0.707. The van der Waals surface area contributed by atoms with Crippen LogP contribution < -0.4 is 10.6 Å². The molecule has 0 radical (unpaired) electrons. The Balaban J connectivity index is 0.00000245.